The van der Waals surface area contributed by atoms with Gasteiger partial charge in [0.15, 0.2) is 24.3 Å². The number of methoxy groups -OCH3 is 1. The summed E-state index contributed by atoms with van der Waals surface area (Å²) in [6.07, 6.45) is 2.47. The molecule has 0 atom stereocenters. The molecule has 4 nitrogen and oxygen atoms in total. The van der Waals surface area contributed by atoms with Crippen LogP contribution in [0.5, 0.6) is 11.5 Å². The minimum Gasteiger partial charge on any atom is -0.624 e. The van der Waals surface area contributed by atoms with Gasteiger partial charge in [-0.05, 0) is 31.0 Å². The zero-order valence-corrected chi connectivity index (χ0v) is 12.2. The van der Waals surface area contributed by atoms with Crippen molar-refractivity contribution < 1.29 is 14.2 Å². The average Bonchev–Trinajstić information content (AvgIpc) is 2.37. The summed E-state index contributed by atoms with van der Waals surface area (Å²) < 4.78 is 11.7. The maximum Gasteiger partial charge on any atom is 0.181 e. The molecule has 0 N–H and O–H groups in total. The molecule has 0 saturated heterocycles. The molecule has 0 aromatic heterocycles. The van der Waals surface area contributed by atoms with Crippen LogP contribution in [0.4, 0.5) is 0 Å². The van der Waals surface area contributed by atoms with Crippen LogP contribution in [0.3, 0.4) is 0 Å². The minimum atomic E-state index is 0.508. The first-order valence-corrected chi connectivity index (χ1v) is 6.66. The summed E-state index contributed by atoms with van der Waals surface area (Å²) in [7, 11) is 1.60. The summed E-state index contributed by atoms with van der Waals surface area (Å²) in [6.45, 7) is 7.20. The molecule has 0 aliphatic rings. The summed E-state index contributed by atoms with van der Waals surface area (Å²) in [5.41, 5.74) is 0.822. The van der Waals surface area contributed by atoms with Crippen LogP contribution in [0.2, 0.25) is 0 Å². The van der Waals surface area contributed by atoms with Crippen LogP contribution in [-0.2, 0) is 0 Å². The molecule has 0 unspecified atom stereocenters. The summed E-state index contributed by atoms with van der Waals surface area (Å²) >= 11 is 0. The molecular weight excluding hydrogens is 242 g/mol. The van der Waals surface area contributed by atoms with E-state index in [0.29, 0.717) is 30.6 Å². The van der Waals surface area contributed by atoms with Crippen LogP contribution in [-0.4, -0.2) is 31.2 Å². The summed E-state index contributed by atoms with van der Waals surface area (Å²) in [6, 6.07) is 5.48. The molecule has 0 fully saturated rings. The summed E-state index contributed by atoms with van der Waals surface area (Å²) in [4.78, 5) is 0. The molecule has 0 spiro atoms. The van der Waals surface area contributed by atoms with Crippen LogP contribution < -0.4 is 9.47 Å². The largest absolute Gasteiger partial charge is 0.624 e. The van der Waals surface area contributed by atoms with Crippen LogP contribution >= 0.6 is 0 Å². The van der Waals surface area contributed by atoms with E-state index in [1.54, 1.807) is 13.3 Å². The van der Waals surface area contributed by atoms with E-state index < -0.39 is 0 Å². The Bertz CT molecular complexity index is 427. The van der Waals surface area contributed by atoms with Gasteiger partial charge in [0, 0.05) is 12.0 Å². The van der Waals surface area contributed by atoms with E-state index in [1.165, 1.54) is 0 Å². The smallest absolute Gasteiger partial charge is 0.181 e. The number of hydrogen-bond donors (Lipinski definition) is 0. The van der Waals surface area contributed by atoms with Crippen molar-refractivity contribution in [3.8, 4) is 11.5 Å². The third-order valence-electron chi connectivity index (χ3n) is 2.71. The van der Waals surface area contributed by atoms with E-state index in [4.69, 9.17) is 9.47 Å². The van der Waals surface area contributed by atoms with Gasteiger partial charge in [0.1, 0.15) is 0 Å². The number of rotatable bonds is 7. The Morgan fingerprint density at radius 1 is 1.32 bits per heavy atom. The fraction of sp³-hybridized carbons (Fsp3) is 0.533. The third kappa shape index (κ3) is 5.20. The highest BCUT2D eigenvalue weighted by Gasteiger charge is 2.06. The van der Waals surface area contributed by atoms with Crippen molar-refractivity contribution in [2.45, 2.75) is 27.2 Å². The lowest BCUT2D eigenvalue weighted by atomic mass is 10.1. The molecule has 19 heavy (non-hydrogen) atoms. The molecule has 0 bridgehead atoms. The number of benzene rings is 1. The highest BCUT2D eigenvalue weighted by Crippen LogP contribution is 2.27. The standard InChI is InChI=1S/C15H23NO3/c1-5-19-15-10-13(6-7-14(15)18-4)11-16(17)9-8-12(2)3/h6-7,10-12H,5,8-9H2,1-4H3. The Morgan fingerprint density at radius 3 is 2.63 bits per heavy atom. The van der Waals surface area contributed by atoms with Crippen molar-refractivity contribution >= 4 is 6.21 Å². The predicted molar refractivity (Wildman–Crippen MR) is 77.3 cm³/mol. The lowest BCUT2D eigenvalue weighted by Gasteiger charge is -2.10. The summed E-state index contributed by atoms with van der Waals surface area (Å²) in [5.74, 6) is 1.87. The van der Waals surface area contributed by atoms with Crippen molar-refractivity contribution in [1.29, 1.82) is 0 Å². The Morgan fingerprint density at radius 2 is 2.05 bits per heavy atom. The van der Waals surface area contributed by atoms with Gasteiger partial charge in [0.25, 0.3) is 0 Å². The number of nitrogens with zero attached hydrogens (tertiary/aromatic N) is 1. The van der Waals surface area contributed by atoms with Crippen LogP contribution in [0.25, 0.3) is 0 Å². The van der Waals surface area contributed by atoms with E-state index in [0.717, 1.165) is 16.7 Å². The first kappa shape index (κ1) is 15.3. The average molecular weight is 265 g/mol. The highest BCUT2D eigenvalue weighted by molar-refractivity contribution is 5.77. The Kier molecular flexibility index (Phi) is 6.19. The number of ether oxygens (including phenoxy) is 2. The van der Waals surface area contributed by atoms with Gasteiger partial charge >= 0.3 is 0 Å². The first-order valence-electron chi connectivity index (χ1n) is 6.66. The third-order valence-corrected chi connectivity index (χ3v) is 2.71. The van der Waals surface area contributed by atoms with E-state index in [9.17, 15) is 5.21 Å². The van der Waals surface area contributed by atoms with E-state index in [2.05, 4.69) is 13.8 Å². The van der Waals surface area contributed by atoms with Gasteiger partial charge in [0.05, 0.1) is 13.7 Å². The normalized spacial score (nSPS) is 11.7. The number of hydrogen-bond acceptors (Lipinski definition) is 3. The zero-order valence-electron chi connectivity index (χ0n) is 12.2. The molecule has 1 aromatic rings. The molecule has 1 rings (SSSR count). The van der Waals surface area contributed by atoms with Gasteiger partial charge in [-0.2, -0.15) is 0 Å². The second-order valence-corrected chi connectivity index (χ2v) is 4.80. The molecule has 0 aliphatic carbocycles. The fourth-order valence-corrected chi connectivity index (χ4v) is 1.66. The Balaban J connectivity index is 2.83. The minimum absolute atomic E-state index is 0.508. The molecule has 0 radical (unpaired) electrons. The molecular formula is C15H23NO3. The maximum absolute atomic E-state index is 11.7. The zero-order chi connectivity index (χ0) is 14.3. The van der Waals surface area contributed by atoms with Crippen LogP contribution in [0.15, 0.2) is 18.2 Å². The quantitative estimate of drug-likeness (QED) is 0.329. The summed E-state index contributed by atoms with van der Waals surface area (Å²) in [5, 5.41) is 11.7. The first-order chi connectivity index (χ1) is 9.06. The van der Waals surface area contributed by atoms with Gasteiger partial charge in [0.2, 0.25) is 0 Å². The molecule has 0 aliphatic heterocycles. The van der Waals surface area contributed by atoms with Crippen molar-refractivity contribution in [1.82, 2.24) is 0 Å². The van der Waals surface area contributed by atoms with Crippen LogP contribution in [0, 0.1) is 11.1 Å². The van der Waals surface area contributed by atoms with Crippen molar-refractivity contribution in [2.75, 3.05) is 20.3 Å². The number of hydroxylamine groups is 1. The van der Waals surface area contributed by atoms with Gasteiger partial charge in [-0.15, -0.1) is 0 Å². The van der Waals surface area contributed by atoms with Gasteiger partial charge in [-0.3, -0.25) is 0 Å². The van der Waals surface area contributed by atoms with E-state index in [1.807, 2.05) is 25.1 Å². The second kappa shape index (κ2) is 7.67. The van der Waals surface area contributed by atoms with E-state index >= 15 is 0 Å². The van der Waals surface area contributed by atoms with Gasteiger partial charge in [-0.25, -0.2) is 4.74 Å². The SMILES string of the molecule is CCOc1cc(C=[N+]([O-])CCC(C)C)ccc1OC. The van der Waals surface area contributed by atoms with Crippen LogP contribution in [0.1, 0.15) is 32.8 Å². The predicted octanol–water partition coefficient (Wildman–Crippen LogP) is 3.07. The van der Waals surface area contributed by atoms with Crippen molar-refractivity contribution in [3.05, 3.63) is 29.0 Å². The molecule has 106 valence electrons. The Hall–Kier alpha value is -1.71. The second-order valence-electron chi connectivity index (χ2n) is 4.80. The lowest BCUT2D eigenvalue weighted by Crippen LogP contribution is -2.10. The molecule has 1 aromatic carbocycles. The lowest BCUT2D eigenvalue weighted by molar-refractivity contribution is -0.454. The Labute approximate surface area is 115 Å². The highest BCUT2D eigenvalue weighted by atomic mass is 16.5. The molecule has 4 heteroatoms. The molecule has 0 heterocycles. The molecule has 0 saturated carbocycles. The van der Waals surface area contributed by atoms with Gasteiger partial charge < -0.3 is 14.7 Å². The maximum atomic E-state index is 11.7. The molecule has 0 amide bonds. The van der Waals surface area contributed by atoms with Crippen molar-refractivity contribution in [3.63, 3.8) is 0 Å². The van der Waals surface area contributed by atoms with Gasteiger partial charge in [-0.1, -0.05) is 13.8 Å². The monoisotopic (exact) mass is 265 g/mol. The topological polar surface area (TPSA) is 44.5 Å². The van der Waals surface area contributed by atoms with Crippen molar-refractivity contribution in [2.24, 2.45) is 5.92 Å². The fourth-order valence-electron chi connectivity index (χ4n) is 1.66. The van der Waals surface area contributed by atoms with E-state index in [-0.39, 0.29) is 0 Å².